The van der Waals surface area contributed by atoms with Gasteiger partial charge in [0.25, 0.3) is 0 Å². The molecule has 0 unspecified atom stereocenters. The van der Waals surface area contributed by atoms with Gasteiger partial charge in [0.05, 0.1) is 5.39 Å². The largest absolute Gasteiger partial charge is 0.363 e. The maximum Gasteiger partial charge on any atom is 0.177 e. The number of fused-ring (bicyclic) bond motifs is 1. The van der Waals surface area contributed by atoms with Gasteiger partial charge in [0.2, 0.25) is 0 Å². The predicted octanol–water partition coefficient (Wildman–Crippen LogP) is 5.76. The van der Waals surface area contributed by atoms with Crippen LogP contribution in [0.1, 0.15) is 5.56 Å². The highest BCUT2D eigenvalue weighted by molar-refractivity contribution is 6.30. The molecule has 3 nitrogen and oxygen atoms in total. The quantitative estimate of drug-likeness (QED) is 0.515. The number of halogens is 1. The molecule has 0 amide bonds. The van der Waals surface area contributed by atoms with Crippen molar-refractivity contribution in [3.05, 3.63) is 83.4 Å². The van der Waals surface area contributed by atoms with Crippen LogP contribution in [0.2, 0.25) is 5.02 Å². The summed E-state index contributed by atoms with van der Waals surface area (Å²) in [6.45, 7) is 0.641. The van der Waals surface area contributed by atoms with Crippen molar-refractivity contribution < 1.29 is 4.52 Å². The van der Waals surface area contributed by atoms with E-state index in [2.05, 4.69) is 28.7 Å². The van der Waals surface area contributed by atoms with E-state index in [1.54, 1.807) is 0 Å². The molecule has 1 heterocycles. The molecule has 4 rings (SSSR count). The second kappa shape index (κ2) is 6.38. The minimum atomic E-state index is 0.641. The molecule has 0 atom stereocenters. The van der Waals surface area contributed by atoms with Crippen molar-refractivity contribution in [2.75, 3.05) is 5.32 Å². The highest BCUT2D eigenvalue weighted by Gasteiger charge is 2.09. The average molecular weight is 335 g/mol. The van der Waals surface area contributed by atoms with Crippen molar-refractivity contribution in [1.29, 1.82) is 0 Å². The molecule has 0 aliphatic rings. The number of hydrogen-bond acceptors (Lipinski definition) is 3. The van der Waals surface area contributed by atoms with Crippen LogP contribution in [0.25, 0.3) is 22.1 Å². The van der Waals surface area contributed by atoms with Crippen LogP contribution in [0.15, 0.2) is 77.3 Å². The van der Waals surface area contributed by atoms with E-state index in [1.807, 2.05) is 54.6 Å². The first kappa shape index (κ1) is 14.8. The van der Waals surface area contributed by atoms with Gasteiger partial charge in [-0.3, -0.25) is 0 Å². The van der Waals surface area contributed by atoms with E-state index in [1.165, 1.54) is 0 Å². The highest BCUT2D eigenvalue weighted by atomic mass is 35.5. The molecule has 0 aliphatic heterocycles. The molecule has 0 aliphatic carbocycles. The molecule has 4 aromatic rings. The van der Waals surface area contributed by atoms with E-state index in [9.17, 15) is 0 Å². The summed E-state index contributed by atoms with van der Waals surface area (Å²) in [7, 11) is 0. The summed E-state index contributed by atoms with van der Waals surface area (Å²) < 4.78 is 5.48. The third-order valence-electron chi connectivity index (χ3n) is 3.93. The van der Waals surface area contributed by atoms with Gasteiger partial charge in [-0.05, 0) is 41.0 Å². The van der Waals surface area contributed by atoms with Gasteiger partial charge in [0.1, 0.15) is 0 Å². The summed E-state index contributed by atoms with van der Waals surface area (Å²) in [4.78, 5) is 0. The fourth-order valence-corrected chi connectivity index (χ4v) is 2.92. The lowest BCUT2D eigenvalue weighted by Crippen LogP contribution is -1.99. The Morgan fingerprint density at radius 2 is 1.75 bits per heavy atom. The van der Waals surface area contributed by atoms with Gasteiger partial charge in [-0.15, -0.1) is 0 Å². The summed E-state index contributed by atoms with van der Waals surface area (Å²) >= 11 is 6.01. The van der Waals surface area contributed by atoms with E-state index in [0.717, 1.165) is 38.5 Å². The molecule has 118 valence electrons. The van der Waals surface area contributed by atoms with E-state index >= 15 is 0 Å². The van der Waals surface area contributed by atoms with Gasteiger partial charge < -0.3 is 9.84 Å². The summed E-state index contributed by atoms with van der Waals surface area (Å²) in [5, 5.41) is 9.15. The molecule has 0 saturated heterocycles. The zero-order valence-corrected chi connectivity index (χ0v) is 13.6. The molecule has 0 spiro atoms. The smallest absolute Gasteiger partial charge is 0.177 e. The van der Waals surface area contributed by atoms with Crippen LogP contribution in [0.5, 0.6) is 0 Å². The number of benzene rings is 3. The second-order valence-corrected chi connectivity index (χ2v) is 6.03. The lowest BCUT2D eigenvalue weighted by Gasteiger charge is -2.04. The fraction of sp³-hybridized carbons (Fsp3) is 0.0500. The van der Waals surface area contributed by atoms with Gasteiger partial charge in [-0.25, -0.2) is 0 Å². The molecule has 0 bridgehead atoms. The number of anilines is 1. The predicted molar refractivity (Wildman–Crippen MR) is 98.2 cm³/mol. The Bertz CT molecular complexity index is 979. The molecule has 1 aromatic heterocycles. The minimum Gasteiger partial charge on any atom is -0.363 e. The van der Waals surface area contributed by atoms with Crippen LogP contribution in [-0.4, -0.2) is 5.16 Å². The molecule has 0 saturated carbocycles. The summed E-state index contributed by atoms with van der Waals surface area (Å²) in [5.41, 5.74) is 4.13. The van der Waals surface area contributed by atoms with Crippen LogP contribution in [0.3, 0.4) is 0 Å². The molecule has 24 heavy (non-hydrogen) atoms. The average Bonchev–Trinajstić information content (AvgIpc) is 3.03. The Balaban J connectivity index is 1.59. The maximum absolute atomic E-state index is 6.01. The van der Waals surface area contributed by atoms with Crippen molar-refractivity contribution in [2.45, 2.75) is 6.54 Å². The van der Waals surface area contributed by atoms with Gasteiger partial charge in [-0.2, -0.15) is 0 Å². The van der Waals surface area contributed by atoms with Crippen LogP contribution < -0.4 is 5.32 Å². The van der Waals surface area contributed by atoms with E-state index in [-0.39, 0.29) is 0 Å². The first-order chi connectivity index (χ1) is 11.8. The number of rotatable bonds is 4. The van der Waals surface area contributed by atoms with E-state index < -0.39 is 0 Å². The number of hydrogen-bond donors (Lipinski definition) is 1. The topological polar surface area (TPSA) is 38.1 Å². The molecule has 3 aromatic carbocycles. The van der Waals surface area contributed by atoms with Crippen molar-refractivity contribution in [2.24, 2.45) is 0 Å². The van der Waals surface area contributed by atoms with Gasteiger partial charge >= 0.3 is 0 Å². The Morgan fingerprint density at radius 3 is 2.58 bits per heavy atom. The number of nitrogens with zero attached hydrogens (tertiary/aromatic N) is 1. The van der Waals surface area contributed by atoms with Crippen LogP contribution in [0.4, 0.5) is 5.82 Å². The third kappa shape index (κ3) is 2.99. The third-order valence-corrected chi connectivity index (χ3v) is 4.16. The van der Waals surface area contributed by atoms with E-state index in [0.29, 0.717) is 6.54 Å². The Hall–Kier alpha value is -2.78. The zero-order chi connectivity index (χ0) is 16.4. The lowest BCUT2D eigenvalue weighted by atomic mass is 10.0. The molecule has 4 heteroatoms. The number of aromatic nitrogens is 1. The first-order valence-electron chi connectivity index (χ1n) is 7.73. The molecular weight excluding hydrogens is 320 g/mol. The SMILES string of the molecule is Clc1cccc(CNc2noc3cc(-c4ccccc4)ccc23)c1. The summed E-state index contributed by atoms with van der Waals surface area (Å²) in [6.07, 6.45) is 0. The summed E-state index contributed by atoms with van der Waals surface area (Å²) in [5.74, 6) is 0.740. The number of nitrogens with one attached hydrogen (secondary N) is 1. The highest BCUT2D eigenvalue weighted by Crippen LogP contribution is 2.28. The first-order valence-corrected chi connectivity index (χ1v) is 8.10. The summed E-state index contributed by atoms with van der Waals surface area (Å²) in [6, 6.07) is 24.1. The zero-order valence-electron chi connectivity index (χ0n) is 12.9. The molecule has 1 N–H and O–H groups in total. The Labute approximate surface area is 144 Å². The van der Waals surface area contributed by atoms with Crippen molar-refractivity contribution in [1.82, 2.24) is 5.16 Å². The maximum atomic E-state index is 6.01. The van der Waals surface area contributed by atoms with Crippen molar-refractivity contribution >= 4 is 28.4 Å². The van der Waals surface area contributed by atoms with Crippen LogP contribution in [0, 0.1) is 0 Å². The van der Waals surface area contributed by atoms with E-state index in [4.69, 9.17) is 16.1 Å². The van der Waals surface area contributed by atoms with Crippen LogP contribution >= 0.6 is 11.6 Å². The monoisotopic (exact) mass is 334 g/mol. The second-order valence-electron chi connectivity index (χ2n) is 5.59. The van der Waals surface area contributed by atoms with Crippen molar-refractivity contribution in [3.63, 3.8) is 0 Å². The van der Waals surface area contributed by atoms with Crippen LogP contribution in [-0.2, 0) is 6.54 Å². The molecular formula is C20H15ClN2O. The molecule has 0 radical (unpaired) electrons. The Kier molecular flexibility index (Phi) is 3.93. The van der Waals surface area contributed by atoms with Crippen molar-refractivity contribution in [3.8, 4) is 11.1 Å². The van der Waals surface area contributed by atoms with Gasteiger partial charge in [-0.1, -0.05) is 65.3 Å². The normalized spacial score (nSPS) is 10.9. The minimum absolute atomic E-state index is 0.641. The molecule has 0 fully saturated rings. The lowest BCUT2D eigenvalue weighted by molar-refractivity contribution is 0.459. The fourth-order valence-electron chi connectivity index (χ4n) is 2.71. The Morgan fingerprint density at radius 1 is 0.875 bits per heavy atom. The standard InChI is InChI=1S/C20H15ClN2O/c21-17-8-4-5-14(11-17)13-22-20-18-10-9-16(12-19(18)24-23-20)15-6-2-1-3-7-15/h1-12H,13H2,(H,22,23). The van der Waals surface area contributed by atoms with Gasteiger partial charge in [0.15, 0.2) is 11.4 Å². The van der Waals surface area contributed by atoms with Gasteiger partial charge in [0, 0.05) is 11.6 Å².